The summed E-state index contributed by atoms with van der Waals surface area (Å²) >= 11 is 0. The van der Waals surface area contributed by atoms with E-state index in [4.69, 9.17) is 9.57 Å². The Bertz CT molecular complexity index is 1150. The highest BCUT2D eigenvalue weighted by Gasteiger charge is 2.54. The molecule has 0 aromatic heterocycles. The Kier molecular flexibility index (Phi) is 6.32. The molecule has 2 fully saturated rings. The molecule has 0 bridgehead atoms. The number of alkyl halides is 3. The topological polar surface area (TPSA) is 80.2 Å². The minimum Gasteiger partial charge on any atom is -0.504 e. The standard InChI is InChI=1S/C27H30F3NO5/c1-26-10-9-17-18-13-24(34-2)23(32)12-20(18)22(11-19(17)21(26)7-8-25(26)33)31-35-14-15-3-5-16(6-4-15)36-27(28,29)30/h3-6,11-13,17,19,21,25,31-33H,7-10,14H2,1-2H3/t17-,19-,21+,25+,26+/m1/s1. The molecule has 0 spiro atoms. The average Bonchev–Trinajstić information content (AvgIpc) is 3.13. The predicted octanol–water partition coefficient (Wildman–Crippen LogP) is 5.65. The molecule has 0 unspecified atom stereocenters. The molecule has 0 heterocycles. The number of rotatable bonds is 6. The number of hydrogen-bond donors (Lipinski definition) is 3. The molecule has 2 aromatic carbocycles. The van der Waals surface area contributed by atoms with Crippen molar-refractivity contribution < 1.29 is 37.7 Å². The highest BCUT2D eigenvalue weighted by Crippen LogP contribution is 2.61. The van der Waals surface area contributed by atoms with Crippen LogP contribution in [0.4, 0.5) is 13.2 Å². The third kappa shape index (κ3) is 4.50. The molecule has 3 aliphatic rings. The lowest BCUT2D eigenvalue weighted by atomic mass is 9.56. The van der Waals surface area contributed by atoms with Crippen molar-refractivity contribution >= 4 is 5.70 Å². The van der Waals surface area contributed by atoms with E-state index in [1.165, 1.54) is 31.4 Å². The third-order valence-corrected chi connectivity index (χ3v) is 8.26. The van der Waals surface area contributed by atoms with Crippen LogP contribution in [0.1, 0.15) is 55.2 Å². The van der Waals surface area contributed by atoms with Crippen LogP contribution >= 0.6 is 0 Å². The Morgan fingerprint density at radius 2 is 1.86 bits per heavy atom. The SMILES string of the molecule is COc1cc2c(cc1O)C(NOCc1ccc(OC(F)(F)F)cc1)=C[C@@H]1[C@@H]2CC[C@]2(C)[C@@H](O)CC[C@@H]12. The summed E-state index contributed by atoms with van der Waals surface area (Å²) < 4.78 is 46.5. The third-order valence-electron chi connectivity index (χ3n) is 8.26. The molecule has 6 nitrogen and oxygen atoms in total. The first-order valence-corrected chi connectivity index (χ1v) is 12.1. The van der Waals surface area contributed by atoms with Crippen LogP contribution in [0.3, 0.4) is 0 Å². The van der Waals surface area contributed by atoms with Gasteiger partial charge in [-0.3, -0.25) is 10.3 Å². The van der Waals surface area contributed by atoms with Gasteiger partial charge in [-0.1, -0.05) is 25.1 Å². The minimum atomic E-state index is -4.74. The highest BCUT2D eigenvalue weighted by molar-refractivity contribution is 5.72. The van der Waals surface area contributed by atoms with Crippen molar-refractivity contribution in [3.8, 4) is 17.2 Å². The summed E-state index contributed by atoms with van der Waals surface area (Å²) in [6.45, 7) is 2.29. The van der Waals surface area contributed by atoms with Gasteiger partial charge in [-0.05, 0) is 84.2 Å². The van der Waals surface area contributed by atoms with Gasteiger partial charge in [0.2, 0.25) is 0 Å². The fraction of sp³-hybridized carbons (Fsp3) is 0.481. The molecule has 5 rings (SSSR count). The van der Waals surface area contributed by atoms with Crippen LogP contribution in [0.2, 0.25) is 0 Å². The van der Waals surface area contributed by atoms with Crippen molar-refractivity contribution in [2.75, 3.05) is 7.11 Å². The Morgan fingerprint density at radius 1 is 1.11 bits per heavy atom. The van der Waals surface area contributed by atoms with Gasteiger partial charge in [-0.25, -0.2) is 0 Å². The van der Waals surface area contributed by atoms with Gasteiger partial charge < -0.3 is 19.7 Å². The van der Waals surface area contributed by atoms with Crippen LogP contribution < -0.4 is 15.0 Å². The van der Waals surface area contributed by atoms with Crippen molar-refractivity contribution in [3.63, 3.8) is 0 Å². The molecule has 5 atom stereocenters. The molecule has 0 radical (unpaired) electrons. The highest BCUT2D eigenvalue weighted by atomic mass is 19.4. The van der Waals surface area contributed by atoms with E-state index in [9.17, 15) is 23.4 Å². The van der Waals surface area contributed by atoms with Crippen LogP contribution in [0, 0.1) is 17.3 Å². The first kappa shape index (κ1) is 24.8. The van der Waals surface area contributed by atoms with Gasteiger partial charge in [-0.15, -0.1) is 13.2 Å². The number of allylic oxidation sites excluding steroid dienone is 1. The monoisotopic (exact) mass is 505 g/mol. The van der Waals surface area contributed by atoms with E-state index in [1.54, 1.807) is 6.07 Å². The minimum absolute atomic E-state index is 0.0274. The second kappa shape index (κ2) is 9.19. The number of methoxy groups -OCH3 is 1. The normalized spacial score (nSPS) is 29.0. The summed E-state index contributed by atoms with van der Waals surface area (Å²) in [5.74, 6) is 0.891. The predicted molar refractivity (Wildman–Crippen MR) is 126 cm³/mol. The van der Waals surface area contributed by atoms with Crippen LogP contribution in [-0.4, -0.2) is 29.8 Å². The van der Waals surface area contributed by atoms with Crippen molar-refractivity contribution in [2.24, 2.45) is 17.3 Å². The van der Waals surface area contributed by atoms with Crippen molar-refractivity contribution in [1.82, 2.24) is 5.48 Å². The maximum Gasteiger partial charge on any atom is 0.573 e. The molecule has 9 heteroatoms. The van der Waals surface area contributed by atoms with E-state index < -0.39 is 6.36 Å². The number of benzene rings is 2. The molecule has 3 aliphatic carbocycles. The van der Waals surface area contributed by atoms with Gasteiger partial charge in [0.25, 0.3) is 0 Å². The van der Waals surface area contributed by atoms with Crippen LogP contribution in [0.5, 0.6) is 17.2 Å². The molecular weight excluding hydrogens is 475 g/mol. The molecule has 0 saturated heterocycles. The zero-order valence-electron chi connectivity index (χ0n) is 20.1. The number of ether oxygens (including phenoxy) is 2. The number of aliphatic hydroxyl groups excluding tert-OH is 1. The molecule has 194 valence electrons. The molecular formula is C27H30F3NO5. The average molecular weight is 506 g/mol. The number of nitrogens with one attached hydrogen (secondary N) is 1. The number of phenolic OH excluding ortho intramolecular Hbond substituents is 1. The number of hydroxylamine groups is 1. The number of hydrogen-bond acceptors (Lipinski definition) is 6. The van der Waals surface area contributed by atoms with E-state index in [-0.39, 0.29) is 41.5 Å². The number of aromatic hydroxyl groups is 1. The Morgan fingerprint density at radius 3 is 2.56 bits per heavy atom. The smallest absolute Gasteiger partial charge is 0.504 e. The summed E-state index contributed by atoms with van der Waals surface area (Å²) in [4.78, 5) is 5.75. The Labute approximate surface area is 207 Å². The van der Waals surface area contributed by atoms with E-state index in [2.05, 4.69) is 23.2 Å². The van der Waals surface area contributed by atoms with Gasteiger partial charge in [0, 0.05) is 5.56 Å². The van der Waals surface area contributed by atoms with E-state index >= 15 is 0 Å². The van der Waals surface area contributed by atoms with Crippen LogP contribution in [-0.2, 0) is 11.4 Å². The van der Waals surface area contributed by atoms with Gasteiger partial charge in [0.05, 0.1) is 25.5 Å². The number of fused-ring (bicyclic) bond motifs is 5. The number of phenols is 1. The fourth-order valence-corrected chi connectivity index (χ4v) is 6.41. The van der Waals surface area contributed by atoms with Crippen molar-refractivity contribution in [1.29, 1.82) is 0 Å². The summed E-state index contributed by atoms with van der Waals surface area (Å²) in [7, 11) is 1.52. The zero-order chi connectivity index (χ0) is 25.7. The molecule has 2 aromatic rings. The first-order valence-electron chi connectivity index (χ1n) is 12.1. The van der Waals surface area contributed by atoms with Crippen molar-refractivity contribution in [2.45, 2.75) is 57.6 Å². The fourth-order valence-electron chi connectivity index (χ4n) is 6.41. The summed E-state index contributed by atoms with van der Waals surface area (Å²) in [6, 6.07) is 9.06. The lowest BCUT2D eigenvalue weighted by Crippen LogP contribution is -2.43. The molecule has 3 N–H and O–H groups in total. The number of halogens is 3. The second-order valence-corrected chi connectivity index (χ2v) is 10.2. The zero-order valence-corrected chi connectivity index (χ0v) is 20.1. The maximum atomic E-state index is 12.4. The molecule has 2 saturated carbocycles. The lowest BCUT2D eigenvalue weighted by molar-refractivity contribution is -0.274. The van der Waals surface area contributed by atoms with E-state index in [1.807, 2.05) is 6.07 Å². The van der Waals surface area contributed by atoms with E-state index in [0.717, 1.165) is 36.8 Å². The summed E-state index contributed by atoms with van der Waals surface area (Å²) in [6.07, 6.45) is 0.689. The van der Waals surface area contributed by atoms with Gasteiger partial charge in [0.1, 0.15) is 5.75 Å². The lowest BCUT2D eigenvalue weighted by Gasteiger charge is -2.49. The molecule has 36 heavy (non-hydrogen) atoms. The summed E-state index contributed by atoms with van der Waals surface area (Å²) in [5, 5.41) is 21.2. The van der Waals surface area contributed by atoms with Crippen LogP contribution in [0.25, 0.3) is 5.70 Å². The quantitative estimate of drug-likeness (QED) is 0.441. The molecule has 0 aliphatic heterocycles. The maximum absolute atomic E-state index is 12.4. The molecule has 0 amide bonds. The summed E-state index contributed by atoms with van der Waals surface area (Å²) in [5.41, 5.74) is 6.15. The van der Waals surface area contributed by atoms with Crippen LogP contribution in [0.15, 0.2) is 42.5 Å². The number of aliphatic hydroxyl groups is 1. The second-order valence-electron chi connectivity index (χ2n) is 10.2. The largest absolute Gasteiger partial charge is 0.573 e. The van der Waals surface area contributed by atoms with E-state index in [0.29, 0.717) is 22.9 Å². The van der Waals surface area contributed by atoms with Gasteiger partial charge in [0.15, 0.2) is 11.5 Å². The Balaban J connectivity index is 1.38. The first-order chi connectivity index (χ1) is 17.1. The van der Waals surface area contributed by atoms with Gasteiger partial charge in [-0.2, -0.15) is 0 Å². The Hall–Kier alpha value is -2.91. The van der Waals surface area contributed by atoms with Gasteiger partial charge >= 0.3 is 6.36 Å². The van der Waals surface area contributed by atoms with Crippen molar-refractivity contribution in [3.05, 3.63) is 59.2 Å².